The Morgan fingerprint density at radius 2 is 1.59 bits per heavy atom. The van der Waals surface area contributed by atoms with Crippen LogP contribution in [-0.2, 0) is 38.8 Å². The fraction of sp³-hybridized carbons (Fsp3) is 0.464. The fourth-order valence-electron chi connectivity index (χ4n) is 3.92. The number of carbonyl (C=O) groups is 4. The minimum absolute atomic E-state index is 0.0548. The van der Waals surface area contributed by atoms with E-state index in [0.717, 1.165) is 23.4 Å². The van der Waals surface area contributed by atoms with E-state index in [2.05, 4.69) is 20.0 Å². The van der Waals surface area contributed by atoms with Crippen LogP contribution in [0.15, 0.2) is 18.2 Å². The van der Waals surface area contributed by atoms with Gasteiger partial charge in [0.15, 0.2) is 40.1 Å². The number of hydrogen-bond acceptors (Lipinski definition) is 11. The van der Waals surface area contributed by atoms with E-state index in [9.17, 15) is 40.7 Å². The Kier molecular flexibility index (Phi) is 16.1. The molecule has 23 heteroatoms. The first kappa shape index (κ1) is 43.9. The predicted octanol–water partition coefficient (Wildman–Crippen LogP) is 1.87. The van der Waals surface area contributed by atoms with Crippen molar-refractivity contribution in [1.29, 1.82) is 0 Å². The number of imidazole rings is 1. The van der Waals surface area contributed by atoms with Crippen LogP contribution in [0.5, 0.6) is 5.75 Å². The van der Waals surface area contributed by atoms with E-state index >= 15 is 0 Å². The monoisotopic (exact) mass is 760 g/mol. The normalized spacial score (nSPS) is 11.2. The van der Waals surface area contributed by atoms with E-state index in [-0.39, 0.29) is 41.5 Å². The molecule has 0 unspecified atom stereocenters. The third-order valence-corrected chi connectivity index (χ3v) is 6.77. The topological polar surface area (TPSA) is 212 Å². The van der Waals surface area contributed by atoms with Crippen LogP contribution >= 0.6 is 11.6 Å². The molecule has 51 heavy (non-hydrogen) atoms. The SMILES string of the molecule is CCn1c(CNC(=O)c2nc(Cl)c(N)nc2N)[n+](CC(=O)N(C)CCN(C)C)c2ccc(OC)cc21.COC(=O)C(F)(F)F.O=C(O)C(F)(F)F. The fourth-order valence-corrected chi connectivity index (χ4v) is 4.04. The Hall–Kier alpha value is -5.12. The lowest BCUT2D eigenvalue weighted by molar-refractivity contribution is -0.668. The number of amides is 2. The second kappa shape index (κ2) is 18.8. The predicted molar refractivity (Wildman–Crippen MR) is 169 cm³/mol. The molecule has 2 heterocycles. The first-order valence-corrected chi connectivity index (χ1v) is 14.7. The average molecular weight is 761 g/mol. The molecule has 3 rings (SSSR count). The first-order chi connectivity index (χ1) is 23.5. The van der Waals surface area contributed by atoms with Crippen LogP contribution in [-0.4, -0.2) is 114 Å². The van der Waals surface area contributed by atoms with Crippen LogP contribution in [0, 0.1) is 0 Å². The van der Waals surface area contributed by atoms with Gasteiger partial charge < -0.3 is 41.2 Å². The Labute approximate surface area is 291 Å². The maximum Gasteiger partial charge on any atom is 0.490 e. The highest BCUT2D eigenvalue weighted by atomic mass is 35.5. The molecule has 0 bridgehead atoms. The molecule has 2 amide bonds. The largest absolute Gasteiger partial charge is 0.497 e. The smallest absolute Gasteiger partial charge is 0.490 e. The van der Waals surface area contributed by atoms with Gasteiger partial charge in [-0.25, -0.2) is 28.7 Å². The van der Waals surface area contributed by atoms with Crippen LogP contribution in [0.3, 0.4) is 0 Å². The number of nitrogens with two attached hydrogens (primary N) is 2. The number of esters is 1. The number of ether oxygens (including phenoxy) is 2. The van der Waals surface area contributed by atoms with Gasteiger partial charge in [-0.1, -0.05) is 11.6 Å². The lowest BCUT2D eigenvalue weighted by atomic mass is 10.3. The van der Waals surface area contributed by atoms with Gasteiger partial charge in [-0.15, -0.1) is 0 Å². The van der Waals surface area contributed by atoms with Gasteiger partial charge in [0, 0.05) is 26.2 Å². The number of nitrogens with one attached hydrogen (secondary N) is 1. The summed E-state index contributed by atoms with van der Waals surface area (Å²) in [5, 5.41) is 9.84. The number of rotatable bonds is 10. The summed E-state index contributed by atoms with van der Waals surface area (Å²) in [6, 6.07) is 5.65. The van der Waals surface area contributed by atoms with Gasteiger partial charge >= 0.3 is 24.3 Å². The van der Waals surface area contributed by atoms with Gasteiger partial charge in [0.05, 0.1) is 20.8 Å². The molecular weight excluding hydrogens is 724 g/mol. The molecule has 0 fully saturated rings. The highest BCUT2D eigenvalue weighted by Crippen LogP contribution is 2.22. The zero-order valence-electron chi connectivity index (χ0n) is 28.1. The van der Waals surface area contributed by atoms with Crippen LogP contribution in [0.1, 0.15) is 23.2 Å². The third-order valence-electron chi connectivity index (χ3n) is 6.49. The molecule has 0 saturated heterocycles. The van der Waals surface area contributed by atoms with E-state index in [1.807, 2.05) is 53.3 Å². The second-order valence-electron chi connectivity index (χ2n) is 10.3. The van der Waals surface area contributed by atoms with E-state index in [1.165, 1.54) is 0 Å². The number of benzene rings is 1. The molecule has 16 nitrogen and oxygen atoms in total. The number of nitrogens with zero attached hydrogens (tertiary/aromatic N) is 6. The Bertz CT molecular complexity index is 1700. The van der Waals surface area contributed by atoms with Crippen molar-refractivity contribution in [2.24, 2.45) is 0 Å². The van der Waals surface area contributed by atoms with Gasteiger partial charge in [-0.05, 0) is 33.2 Å². The zero-order chi connectivity index (χ0) is 39.4. The average Bonchev–Trinajstić information content (AvgIpc) is 3.34. The van der Waals surface area contributed by atoms with Crippen molar-refractivity contribution in [2.75, 3.05) is 59.9 Å². The Morgan fingerprint density at radius 1 is 1.00 bits per heavy atom. The van der Waals surface area contributed by atoms with Gasteiger partial charge in [-0.3, -0.25) is 9.59 Å². The van der Waals surface area contributed by atoms with E-state index in [0.29, 0.717) is 25.9 Å². The van der Waals surface area contributed by atoms with Crippen molar-refractivity contribution in [1.82, 2.24) is 29.7 Å². The van der Waals surface area contributed by atoms with Gasteiger partial charge in [0.1, 0.15) is 12.3 Å². The maximum absolute atomic E-state index is 13.1. The number of fused-ring (bicyclic) bond motifs is 1. The lowest BCUT2D eigenvalue weighted by Gasteiger charge is -2.19. The molecular formula is C28H37ClF6N9O7+. The maximum atomic E-state index is 13.1. The molecule has 2 aromatic heterocycles. The van der Waals surface area contributed by atoms with Crippen LogP contribution in [0.2, 0.25) is 5.15 Å². The quantitative estimate of drug-likeness (QED) is 0.133. The third kappa shape index (κ3) is 12.9. The number of aromatic nitrogens is 4. The molecule has 284 valence electrons. The summed E-state index contributed by atoms with van der Waals surface area (Å²) in [7, 11) is 7.98. The number of hydrogen-bond donors (Lipinski definition) is 4. The number of carboxylic acid groups (broad SMARTS) is 1. The number of aryl methyl sites for hydroxylation is 1. The molecule has 0 aliphatic carbocycles. The number of alkyl halides is 6. The standard InChI is InChI=1S/C23H32ClN9O3.C3H3F3O2.C2HF3O2/c1-6-32-16-11-14(36-5)7-8-15(16)33(13-18(34)31(4)10-9-30(2)3)17(32)12-27-23(35)19-21(25)29-22(26)20(24)28-19;1-8-2(7)3(4,5)6;3-2(4,5)1(6)7/h7-8,11H,6,9-10,12-13H2,1-5H3,(H4-,25,26,27,29,35);1H3;(H,6,7)/p+1. The van der Waals surface area contributed by atoms with E-state index < -0.39 is 30.2 Å². The highest BCUT2D eigenvalue weighted by Gasteiger charge is 2.40. The molecule has 0 radical (unpaired) electrons. The molecule has 0 aliphatic heterocycles. The van der Waals surface area contributed by atoms with Crippen molar-refractivity contribution in [3.05, 3.63) is 34.9 Å². The minimum Gasteiger partial charge on any atom is -0.497 e. The van der Waals surface area contributed by atoms with Crippen molar-refractivity contribution >= 4 is 58.0 Å². The van der Waals surface area contributed by atoms with E-state index in [4.69, 9.17) is 37.7 Å². The molecule has 0 aliphatic rings. The molecule has 6 N–H and O–H groups in total. The highest BCUT2D eigenvalue weighted by molar-refractivity contribution is 6.31. The van der Waals surface area contributed by atoms with Gasteiger partial charge in [0.2, 0.25) is 0 Å². The summed E-state index contributed by atoms with van der Waals surface area (Å²) in [5.74, 6) is -4.32. The number of carboxylic acids is 1. The number of halogens is 7. The van der Waals surface area contributed by atoms with Gasteiger partial charge in [0.25, 0.3) is 17.6 Å². The number of methoxy groups -OCH3 is 2. The van der Waals surface area contributed by atoms with Crippen molar-refractivity contribution in [3.8, 4) is 5.75 Å². The molecule has 1 aromatic carbocycles. The van der Waals surface area contributed by atoms with Gasteiger partial charge in [-0.2, -0.15) is 26.3 Å². The molecule has 3 aromatic rings. The first-order valence-electron chi connectivity index (χ1n) is 14.3. The van der Waals surface area contributed by atoms with E-state index in [1.54, 1.807) is 19.1 Å². The second-order valence-corrected chi connectivity index (χ2v) is 10.7. The Balaban J connectivity index is 0.000000722. The molecule has 0 saturated carbocycles. The van der Waals surface area contributed by atoms with Crippen molar-refractivity contribution in [2.45, 2.75) is 38.9 Å². The summed E-state index contributed by atoms with van der Waals surface area (Å²) in [6.45, 7) is 4.12. The van der Waals surface area contributed by atoms with Crippen molar-refractivity contribution in [3.63, 3.8) is 0 Å². The lowest BCUT2D eigenvalue weighted by Crippen LogP contribution is -2.48. The van der Waals surface area contributed by atoms with Crippen LogP contribution in [0.25, 0.3) is 11.0 Å². The molecule has 0 spiro atoms. The summed E-state index contributed by atoms with van der Waals surface area (Å²) in [4.78, 5) is 55.9. The number of anilines is 2. The Morgan fingerprint density at radius 3 is 2.04 bits per heavy atom. The minimum atomic E-state index is -5.08. The van der Waals surface area contributed by atoms with Crippen molar-refractivity contribution < 1.29 is 64.7 Å². The number of nitrogen functional groups attached to an aromatic ring is 2. The van der Waals surface area contributed by atoms with Crippen LogP contribution in [0.4, 0.5) is 38.0 Å². The summed E-state index contributed by atoms with van der Waals surface area (Å²) < 4.78 is 77.3. The van der Waals surface area contributed by atoms with Crippen LogP contribution < -0.4 is 26.1 Å². The number of carbonyl (C=O) groups excluding carboxylic acids is 3. The summed E-state index contributed by atoms with van der Waals surface area (Å²) in [6.07, 6.45) is -9.94. The molecule has 0 atom stereocenters. The number of aliphatic carboxylic acids is 1. The zero-order valence-corrected chi connectivity index (χ0v) is 28.9. The summed E-state index contributed by atoms with van der Waals surface area (Å²) >= 11 is 5.93. The summed E-state index contributed by atoms with van der Waals surface area (Å²) in [5.41, 5.74) is 13.0. The number of likely N-dealkylation sites (N-methyl/N-ethyl adjacent to an activating group) is 2.